The Morgan fingerprint density at radius 3 is 2.59 bits per heavy atom. The number of thioether (sulfide) groups is 1. The van der Waals surface area contributed by atoms with E-state index in [4.69, 9.17) is 11.0 Å². The summed E-state index contributed by atoms with van der Waals surface area (Å²) in [7, 11) is -3.82. The van der Waals surface area contributed by atoms with Crippen molar-refractivity contribution in [3.05, 3.63) is 51.9 Å². The summed E-state index contributed by atoms with van der Waals surface area (Å²) in [6.07, 6.45) is 1.14. The summed E-state index contributed by atoms with van der Waals surface area (Å²) in [5, 5.41) is 11.6. The van der Waals surface area contributed by atoms with Crippen LogP contribution in [0.1, 0.15) is 5.56 Å². The summed E-state index contributed by atoms with van der Waals surface area (Å²) in [5.74, 6) is -0.481. The first-order valence-electron chi connectivity index (χ1n) is 7.85. The zero-order chi connectivity index (χ0) is 21.0. The number of nitrogens with two attached hydrogens (primary N) is 1. The standard InChI is InChI=1S/C17H12BrN5O3S3/c18-13-5-6-15(28-13)29(25,26)12-8-21-17(23-16(12)20)27-9-14(24)22-11-3-1-10(7-19)2-4-11/h1-6,8H,9H2,(H,22,24)(H2,20,21,23). The predicted molar refractivity (Wildman–Crippen MR) is 114 cm³/mol. The maximum Gasteiger partial charge on any atom is 0.234 e. The second-order valence-electron chi connectivity index (χ2n) is 5.49. The molecule has 0 saturated heterocycles. The molecule has 0 saturated carbocycles. The van der Waals surface area contributed by atoms with Crippen molar-refractivity contribution in [2.75, 3.05) is 16.8 Å². The van der Waals surface area contributed by atoms with E-state index >= 15 is 0 Å². The lowest BCUT2D eigenvalue weighted by molar-refractivity contribution is -0.113. The van der Waals surface area contributed by atoms with Crippen LogP contribution in [0.5, 0.6) is 0 Å². The Bertz CT molecular complexity index is 1200. The van der Waals surface area contributed by atoms with Crippen LogP contribution < -0.4 is 11.1 Å². The van der Waals surface area contributed by atoms with Crippen LogP contribution in [0.3, 0.4) is 0 Å². The minimum absolute atomic E-state index is 0.00338. The molecule has 0 fully saturated rings. The number of benzene rings is 1. The summed E-state index contributed by atoms with van der Waals surface area (Å²) in [5.41, 5.74) is 6.88. The topological polar surface area (TPSA) is 139 Å². The summed E-state index contributed by atoms with van der Waals surface area (Å²) in [6, 6.07) is 11.5. The van der Waals surface area contributed by atoms with E-state index in [0.717, 1.165) is 29.3 Å². The Labute approximate surface area is 183 Å². The third kappa shape index (κ3) is 5.13. The van der Waals surface area contributed by atoms with Crippen LogP contribution >= 0.6 is 39.0 Å². The summed E-state index contributed by atoms with van der Waals surface area (Å²) in [6.45, 7) is 0. The van der Waals surface area contributed by atoms with E-state index in [1.54, 1.807) is 30.3 Å². The van der Waals surface area contributed by atoms with Crippen LogP contribution in [0.4, 0.5) is 11.5 Å². The van der Waals surface area contributed by atoms with E-state index in [1.165, 1.54) is 6.07 Å². The molecule has 0 unspecified atom stereocenters. The maximum atomic E-state index is 12.6. The van der Waals surface area contributed by atoms with Gasteiger partial charge in [-0.2, -0.15) is 5.26 Å². The fourth-order valence-electron chi connectivity index (χ4n) is 2.15. The largest absolute Gasteiger partial charge is 0.382 e. The minimum atomic E-state index is -3.82. The molecule has 2 heterocycles. The molecular formula is C17H12BrN5O3S3. The van der Waals surface area contributed by atoms with Gasteiger partial charge in [0.25, 0.3) is 0 Å². The molecule has 0 bridgehead atoms. The molecule has 8 nitrogen and oxygen atoms in total. The maximum absolute atomic E-state index is 12.6. The summed E-state index contributed by atoms with van der Waals surface area (Å²) >= 11 is 5.31. The van der Waals surface area contributed by atoms with E-state index in [9.17, 15) is 13.2 Å². The van der Waals surface area contributed by atoms with Crippen molar-refractivity contribution in [3.63, 3.8) is 0 Å². The van der Waals surface area contributed by atoms with Crippen molar-refractivity contribution in [1.82, 2.24) is 9.97 Å². The number of nitriles is 1. The zero-order valence-electron chi connectivity index (χ0n) is 14.5. The van der Waals surface area contributed by atoms with Crippen molar-refractivity contribution >= 4 is 66.3 Å². The van der Waals surface area contributed by atoms with E-state index < -0.39 is 9.84 Å². The second kappa shape index (κ2) is 8.91. The number of hydrogen-bond acceptors (Lipinski definition) is 9. The van der Waals surface area contributed by atoms with Crippen LogP contribution in [0.2, 0.25) is 0 Å². The normalized spacial score (nSPS) is 11.0. The Balaban J connectivity index is 1.66. The highest BCUT2D eigenvalue weighted by Gasteiger charge is 2.24. The van der Waals surface area contributed by atoms with Crippen molar-refractivity contribution in [2.24, 2.45) is 0 Å². The van der Waals surface area contributed by atoms with Crippen LogP contribution in [-0.4, -0.2) is 30.0 Å². The van der Waals surface area contributed by atoms with Gasteiger partial charge in [-0.15, -0.1) is 11.3 Å². The molecule has 2 aromatic heterocycles. The Kier molecular flexibility index (Phi) is 6.53. The molecule has 0 radical (unpaired) electrons. The third-order valence-corrected chi connectivity index (χ3v) is 8.24. The number of nitrogens with one attached hydrogen (secondary N) is 1. The monoisotopic (exact) mass is 509 g/mol. The van der Waals surface area contributed by atoms with Gasteiger partial charge in [-0.25, -0.2) is 18.4 Å². The average Bonchev–Trinajstić information content (AvgIpc) is 3.14. The molecule has 0 aliphatic carbocycles. The molecule has 3 N–H and O–H groups in total. The number of carbonyl (C=O) groups excluding carboxylic acids is 1. The molecule has 0 atom stereocenters. The fraction of sp³-hybridized carbons (Fsp3) is 0.0588. The van der Waals surface area contributed by atoms with Crippen LogP contribution in [-0.2, 0) is 14.6 Å². The number of hydrogen-bond donors (Lipinski definition) is 2. The SMILES string of the molecule is N#Cc1ccc(NC(=O)CSc2ncc(S(=O)(=O)c3ccc(Br)s3)c(N)n2)cc1. The fourth-order valence-corrected chi connectivity index (χ4v) is 6.17. The quantitative estimate of drug-likeness (QED) is 0.380. The number of amides is 1. The Morgan fingerprint density at radius 1 is 1.28 bits per heavy atom. The number of thiophene rings is 1. The van der Waals surface area contributed by atoms with Gasteiger partial charge in [0.2, 0.25) is 15.7 Å². The van der Waals surface area contributed by atoms with Crippen LogP contribution in [0.15, 0.2) is 60.6 Å². The molecule has 0 aliphatic rings. The average molecular weight is 510 g/mol. The second-order valence-corrected chi connectivity index (χ2v) is 11.0. The van der Waals surface area contributed by atoms with E-state index in [1.807, 2.05) is 6.07 Å². The Hall–Kier alpha value is -2.46. The number of nitrogen functional groups attached to an aromatic ring is 1. The first-order valence-corrected chi connectivity index (χ1v) is 11.9. The van der Waals surface area contributed by atoms with Crippen molar-refractivity contribution in [1.29, 1.82) is 5.26 Å². The molecular weight excluding hydrogens is 498 g/mol. The lowest BCUT2D eigenvalue weighted by Gasteiger charge is -2.07. The lowest BCUT2D eigenvalue weighted by atomic mass is 10.2. The molecule has 29 heavy (non-hydrogen) atoms. The molecule has 3 aromatic rings. The van der Waals surface area contributed by atoms with Gasteiger partial charge in [0.05, 0.1) is 27.4 Å². The minimum Gasteiger partial charge on any atom is -0.382 e. The number of nitrogens with zero attached hydrogens (tertiary/aromatic N) is 3. The van der Waals surface area contributed by atoms with Gasteiger partial charge in [0.1, 0.15) is 14.9 Å². The summed E-state index contributed by atoms with van der Waals surface area (Å²) in [4.78, 5) is 19.9. The number of carbonyl (C=O) groups is 1. The van der Waals surface area contributed by atoms with Gasteiger partial charge >= 0.3 is 0 Å². The van der Waals surface area contributed by atoms with Crippen molar-refractivity contribution < 1.29 is 13.2 Å². The highest BCUT2D eigenvalue weighted by Crippen LogP contribution is 2.32. The van der Waals surface area contributed by atoms with Gasteiger partial charge in [-0.05, 0) is 52.3 Å². The Morgan fingerprint density at radius 2 is 2.00 bits per heavy atom. The highest BCUT2D eigenvalue weighted by molar-refractivity contribution is 9.11. The molecule has 1 amide bonds. The number of halogens is 1. The van der Waals surface area contributed by atoms with Crippen LogP contribution in [0.25, 0.3) is 0 Å². The number of sulfone groups is 1. The number of rotatable bonds is 6. The molecule has 0 aliphatic heterocycles. The van der Waals surface area contributed by atoms with E-state index in [0.29, 0.717) is 15.0 Å². The van der Waals surface area contributed by atoms with Crippen molar-refractivity contribution in [2.45, 2.75) is 14.3 Å². The van der Waals surface area contributed by atoms with Crippen molar-refractivity contribution in [3.8, 4) is 6.07 Å². The van der Waals surface area contributed by atoms with Gasteiger partial charge < -0.3 is 11.1 Å². The smallest absolute Gasteiger partial charge is 0.234 e. The zero-order valence-corrected chi connectivity index (χ0v) is 18.5. The van der Waals surface area contributed by atoms with E-state index in [2.05, 4.69) is 31.2 Å². The molecule has 1 aromatic carbocycles. The lowest BCUT2D eigenvalue weighted by Crippen LogP contribution is -2.14. The molecule has 0 spiro atoms. The molecule has 3 rings (SSSR count). The van der Waals surface area contributed by atoms with E-state index in [-0.39, 0.29) is 31.7 Å². The van der Waals surface area contributed by atoms with Gasteiger partial charge in [-0.1, -0.05) is 11.8 Å². The predicted octanol–water partition coefficient (Wildman–Crippen LogP) is 3.32. The molecule has 148 valence electrons. The molecule has 12 heteroatoms. The van der Waals surface area contributed by atoms with Gasteiger partial charge in [0, 0.05) is 5.69 Å². The highest BCUT2D eigenvalue weighted by atomic mass is 79.9. The summed E-state index contributed by atoms with van der Waals surface area (Å²) < 4.78 is 26.1. The van der Waals surface area contributed by atoms with Gasteiger partial charge in [0.15, 0.2) is 5.16 Å². The third-order valence-electron chi connectivity index (χ3n) is 3.49. The number of anilines is 2. The number of aromatic nitrogens is 2. The van der Waals surface area contributed by atoms with Crippen LogP contribution in [0, 0.1) is 11.3 Å². The van der Waals surface area contributed by atoms with Gasteiger partial charge in [-0.3, -0.25) is 4.79 Å². The first-order chi connectivity index (χ1) is 13.8. The first kappa shape index (κ1) is 21.3.